The van der Waals surface area contributed by atoms with E-state index in [0.717, 1.165) is 11.6 Å². The molecule has 0 spiro atoms. The molecule has 4 rings (SSSR count). The molecule has 0 bridgehead atoms. The Morgan fingerprint density at radius 3 is 2.30 bits per heavy atom. The van der Waals surface area contributed by atoms with Gasteiger partial charge in [-0.05, 0) is 18.2 Å². The van der Waals surface area contributed by atoms with Crippen LogP contribution in [0.4, 0.5) is 16.5 Å². The Morgan fingerprint density at radius 2 is 1.58 bits per heavy atom. The second kappa shape index (κ2) is 9.55. The van der Waals surface area contributed by atoms with Crippen LogP contribution in [0.1, 0.15) is 20.7 Å². The molecule has 0 aliphatic rings. The average Bonchev–Trinajstić information content (AvgIpc) is 3.28. The summed E-state index contributed by atoms with van der Waals surface area (Å²) in [6, 6.07) is 19.4. The maximum atomic E-state index is 12.9. The highest BCUT2D eigenvalue weighted by atomic mass is 35.5. The molecule has 33 heavy (non-hydrogen) atoms. The van der Waals surface area contributed by atoms with Gasteiger partial charge in [0.2, 0.25) is 5.13 Å². The van der Waals surface area contributed by atoms with E-state index in [-0.39, 0.29) is 27.5 Å². The highest BCUT2D eigenvalue weighted by Gasteiger charge is 2.19. The topological polar surface area (TPSA) is 127 Å². The van der Waals surface area contributed by atoms with E-state index < -0.39 is 16.7 Å². The summed E-state index contributed by atoms with van der Waals surface area (Å²) in [5.74, 6) is -1.10. The molecule has 0 unspecified atom stereocenters. The van der Waals surface area contributed by atoms with E-state index in [1.54, 1.807) is 24.3 Å². The first-order chi connectivity index (χ1) is 15.9. The third-order valence-corrected chi connectivity index (χ3v) is 5.69. The Kier molecular flexibility index (Phi) is 6.38. The largest absolute Gasteiger partial charge is 0.321 e. The molecule has 2 amide bonds. The maximum Gasteiger partial charge on any atom is 0.270 e. The van der Waals surface area contributed by atoms with Crippen molar-refractivity contribution >= 4 is 51.3 Å². The summed E-state index contributed by atoms with van der Waals surface area (Å²) in [5, 5.41) is 25.2. The van der Waals surface area contributed by atoms with Crippen molar-refractivity contribution in [1.82, 2.24) is 10.2 Å². The number of carbonyl (C=O) groups excluding carboxylic acids is 2. The van der Waals surface area contributed by atoms with Gasteiger partial charge < -0.3 is 5.32 Å². The molecule has 1 heterocycles. The van der Waals surface area contributed by atoms with Crippen LogP contribution in [-0.2, 0) is 0 Å². The second-order valence-corrected chi connectivity index (χ2v) is 8.04. The molecule has 2 N–H and O–H groups in total. The number of anilines is 2. The molecule has 0 atom stereocenters. The third-order valence-electron chi connectivity index (χ3n) is 4.49. The van der Waals surface area contributed by atoms with Crippen LogP contribution in [0.25, 0.3) is 10.6 Å². The number of hydrogen-bond acceptors (Lipinski definition) is 7. The Bertz CT molecular complexity index is 1360. The molecule has 9 nitrogen and oxygen atoms in total. The summed E-state index contributed by atoms with van der Waals surface area (Å²) in [5.41, 5.74) is 1.11. The first-order valence-corrected chi connectivity index (χ1v) is 10.7. The SMILES string of the molecule is O=C(Nc1ccccc1C(=O)Nc1nnc(-c2ccccc2)s1)c1ccc([N+](=O)[O-])cc1Cl. The summed E-state index contributed by atoms with van der Waals surface area (Å²) < 4.78 is 0. The Labute approximate surface area is 196 Å². The minimum absolute atomic E-state index is 0.0362. The molecular formula is C22H14ClN5O4S. The van der Waals surface area contributed by atoms with Crippen LogP contribution in [-0.4, -0.2) is 26.9 Å². The van der Waals surface area contributed by atoms with Gasteiger partial charge in [-0.1, -0.05) is 65.4 Å². The summed E-state index contributed by atoms with van der Waals surface area (Å²) >= 11 is 7.26. The standard InChI is InChI=1S/C22H14ClN5O4S/c23-17-12-14(28(31)32)10-11-15(17)19(29)24-18-9-5-4-8-16(18)20(30)25-22-27-26-21(33-22)13-6-2-1-3-7-13/h1-12H,(H,24,29)(H,25,27,30). The number of halogens is 1. The van der Waals surface area contributed by atoms with Crippen molar-refractivity contribution < 1.29 is 14.5 Å². The normalized spacial score (nSPS) is 10.5. The fourth-order valence-electron chi connectivity index (χ4n) is 2.92. The number of aromatic nitrogens is 2. The number of amides is 2. The maximum absolute atomic E-state index is 12.9. The van der Waals surface area contributed by atoms with Crippen molar-refractivity contribution in [2.45, 2.75) is 0 Å². The summed E-state index contributed by atoms with van der Waals surface area (Å²) in [4.78, 5) is 35.8. The van der Waals surface area contributed by atoms with Crippen molar-refractivity contribution in [1.29, 1.82) is 0 Å². The number of nitrogens with zero attached hydrogens (tertiary/aromatic N) is 3. The Hall–Kier alpha value is -4.15. The van der Waals surface area contributed by atoms with Gasteiger partial charge in [0.1, 0.15) is 5.01 Å². The predicted octanol–water partition coefficient (Wildman–Crippen LogP) is 5.27. The first-order valence-electron chi connectivity index (χ1n) is 9.47. The Balaban J connectivity index is 1.52. The van der Waals surface area contributed by atoms with Crippen LogP contribution >= 0.6 is 22.9 Å². The molecule has 0 aliphatic carbocycles. The van der Waals surface area contributed by atoms with Gasteiger partial charge in [-0.25, -0.2) is 0 Å². The van der Waals surface area contributed by atoms with Gasteiger partial charge in [-0.15, -0.1) is 10.2 Å². The van der Waals surface area contributed by atoms with Crippen LogP contribution in [0, 0.1) is 10.1 Å². The van der Waals surface area contributed by atoms with Gasteiger partial charge in [-0.2, -0.15) is 0 Å². The smallest absolute Gasteiger partial charge is 0.270 e. The minimum atomic E-state index is -0.613. The zero-order chi connectivity index (χ0) is 23.4. The van der Waals surface area contributed by atoms with E-state index >= 15 is 0 Å². The van der Waals surface area contributed by atoms with Crippen molar-refractivity contribution in [3.8, 4) is 10.6 Å². The molecule has 0 saturated carbocycles. The predicted molar refractivity (Wildman–Crippen MR) is 126 cm³/mol. The molecule has 0 radical (unpaired) electrons. The monoisotopic (exact) mass is 479 g/mol. The lowest BCUT2D eigenvalue weighted by Gasteiger charge is -2.11. The number of nitro groups is 1. The van der Waals surface area contributed by atoms with Gasteiger partial charge >= 0.3 is 0 Å². The number of non-ortho nitro benzene ring substituents is 1. The lowest BCUT2D eigenvalue weighted by atomic mass is 10.1. The van der Waals surface area contributed by atoms with Crippen molar-refractivity contribution in [3.05, 3.63) is 99.1 Å². The van der Waals surface area contributed by atoms with Gasteiger partial charge in [0, 0.05) is 17.7 Å². The summed E-state index contributed by atoms with van der Waals surface area (Å²) in [7, 11) is 0. The molecule has 164 valence electrons. The van der Waals surface area contributed by atoms with Crippen molar-refractivity contribution in [2.75, 3.05) is 10.6 Å². The van der Waals surface area contributed by atoms with Gasteiger partial charge in [0.15, 0.2) is 0 Å². The quantitative estimate of drug-likeness (QED) is 0.286. The molecule has 1 aromatic heterocycles. The van der Waals surface area contributed by atoms with Crippen LogP contribution in [0.5, 0.6) is 0 Å². The molecule has 0 aliphatic heterocycles. The van der Waals surface area contributed by atoms with Crippen molar-refractivity contribution in [3.63, 3.8) is 0 Å². The van der Waals surface area contributed by atoms with Crippen molar-refractivity contribution in [2.24, 2.45) is 0 Å². The van der Waals surface area contributed by atoms with Gasteiger partial charge in [0.05, 0.1) is 26.8 Å². The fourth-order valence-corrected chi connectivity index (χ4v) is 3.92. The van der Waals surface area contributed by atoms with E-state index in [4.69, 9.17) is 11.6 Å². The van der Waals surface area contributed by atoms with E-state index in [2.05, 4.69) is 20.8 Å². The third kappa shape index (κ3) is 5.03. The second-order valence-electron chi connectivity index (χ2n) is 6.65. The van der Waals surface area contributed by atoms with Crippen LogP contribution < -0.4 is 10.6 Å². The van der Waals surface area contributed by atoms with Crippen LogP contribution in [0.15, 0.2) is 72.8 Å². The number of hydrogen-bond donors (Lipinski definition) is 2. The zero-order valence-electron chi connectivity index (χ0n) is 16.7. The molecule has 4 aromatic rings. The molecule has 0 saturated heterocycles. The number of para-hydroxylation sites is 1. The average molecular weight is 480 g/mol. The number of nitrogens with one attached hydrogen (secondary N) is 2. The molecule has 3 aromatic carbocycles. The number of rotatable bonds is 6. The molecular weight excluding hydrogens is 466 g/mol. The van der Waals surface area contributed by atoms with Gasteiger partial charge in [0.25, 0.3) is 17.5 Å². The zero-order valence-corrected chi connectivity index (χ0v) is 18.3. The summed E-state index contributed by atoms with van der Waals surface area (Å²) in [6.45, 7) is 0. The van der Waals surface area contributed by atoms with E-state index in [1.807, 2.05) is 30.3 Å². The molecule has 11 heteroatoms. The number of nitro benzene ring substituents is 1. The number of carbonyl (C=O) groups is 2. The fraction of sp³-hybridized carbons (Fsp3) is 0. The van der Waals surface area contributed by atoms with Crippen LogP contribution in [0.2, 0.25) is 5.02 Å². The molecule has 0 fully saturated rings. The van der Waals surface area contributed by atoms with E-state index in [9.17, 15) is 19.7 Å². The summed E-state index contributed by atoms with van der Waals surface area (Å²) in [6.07, 6.45) is 0. The Morgan fingerprint density at radius 1 is 0.879 bits per heavy atom. The lowest BCUT2D eigenvalue weighted by Crippen LogP contribution is -2.18. The highest BCUT2D eigenvalue weighted by Crippen LogP contribution is 2.28. The first kappa shape index (κ1) is 22.1. The van der Waals surface area contributed by atoms with Crippen LogP contribution in [0.3, 0.4) is 0 Å². The highest BCUT2D eigenvalue weighted by molar-refractivity contribution is 7.18. The minimum Gasteiger partial charge on any atom is -0.321 e. The number of benzene rings is 3. The van der Waals surface area contributed by atoms with Gasteiger partial charge in [-0.3, -0.25) is 25.0 Å². The van der Waals surface area contributed by atoms with E-state index in [0.29, 0.717) is 10.1 Å². The lowest BCUT2D eigenvalue weighted by molar-refractivity contribution is -0.384. The van der Waals surface area contributed by atoms with E-state index in [1.165, 1.54) is 23.5 Å².